The Morgan fingerprint density at radius 2 is 1.76 bits per heavy atom. The molecule has 7 heteroatoms. The van der Waals surface area contributed by atoms with Gasteiger partial charge in [-0.25, -0.2) is 4.98 Å². The molecule has 3 aromatic heterocycles. The molecular formula is C27H22N6O. The van der Waals surface area contributed by atoms with Gasteiger partial charge < -0.3 is 10.2 Å². The van der Waals surface area contributed by atoms with Crippen LogP contribution >= 0.6 is 0 Å². The topological polar surface area (TPSA) is 74.9 Å². The second-order valence-corrected chi connectivity index (χ2v) is 8.35. The van der Waals surface area contributed by atoms with Crippen molar-refractivity contribution in [2.24, 2.45) is 4.99 Å². The summed E-state index contributed by atoms with van der Waals surface area (Å²) in [6.45, 7) is 3.80. The van der Waals surface area contributed by atoms with Gasteiger partial charge in [0.05, 0.1) is 18.4 Å². The third-order valence-corrected chi connectivity index (χ3v) is 6.23. The zero-order chi connectivity index (χ0) is 22.9. The first-order valence-corrected chi connectivity index (χ1v) is 11.3. The summed E-state index contributed by atoms with van der Waals surface area (Å²) in [5.74, 6) is 6.61. The number of imidazole rings is 1. The summed E-state index contributed by atoms with van der Waals surface area (Å²) in [6, 6.07) is 13.8. The number of piperazine rings is 1. The fourth-order valence-electron chi connectivity index (χ4n) is 4.35. The highest BCUT2D eigenvalue weighted by Gasteiger charge is 2.18. The Kier molecular flexibility index (Phi) is 5.13. The highest BCUT2D eigenvalue weighted by molar-refractivity contribution is 5.94. The van der Waals surface area contributed by atoms with Gasteiger partial charge in [-0.05, 0) is 47.4 Å². The van der Waals surface area contributed by atoms with E-state index in [1.54, 1.807) is 12.4 Å². The average molecular weight is 447 g/mol. The average Bonchev–Trinajstić information content (AvgIpc) is 3.55. The van der Waals surface area contributed by atoms with E-state index in [-0.39, 0.29) is 5.91 Å². The van der Waals surface area contributed by atoms with Crippen LogP contribution < -0.4 is 5.32 Å². The number of aromatic nitrogens is 3. The molecule has 166 valence electrons. The van der Waals surface area contributed by atoms with E-state index in [1.807, 2.05) is 64.2 Å². The van der Waals surface area contributed by atoms with Crippen molar-refractivity contribution in [1.82, 2.24) is 24.6 Å². The predicted molar refractivity (Wildman–Crippen MR) is 131 cm³/mol. The SMILES string of the molecule is O=C(c1ccc(-c2ccc3ncc(C#Cc4ccnc5c4C=NC5)n3c2)cc1)N1CCNCC1. The van der Waals surface area contributed by atoms with Gasteiger partial charge in [-0.15, -0.1) is 0 Å². The third-order valence-electron chi connectivity index (χ3n) is 6.23. The molecule has 0 unspecified atom stereocenters. The highest BCUT2D eigenvalue weighted by Crippen LogP contribution is 2.22. The van der Waals surface area contributed by atoms with E-state index >= 15 is 0 Å². The van der Waals surface area contributed by atoms with Crippen molar-refractivity contribution in [3.8, 4) is 23.0 Å². The standard InChI is InChI=1S/C27H22N6O/c34-27(32-13-11-28-12-14-32)21-3-1-19(2-4-21)22-6-8-26-31-15-23(33(26)18-22)7-5-20-9-10-30-25-17-29-16-24(20)25/h1-4,6,8-10,15-16,18,28H,11-14,17H2. The Morgan fingerprint density at radius 1 is 0.941 bits per heavy atom. The molecule has 0 saturated carbocycles. The van der Waals surface area contributed by atoms with E-state index in [0.717, 1.165) is 65.5 Å². The molecule has 0 spiro atoms. The summed E-state index contributed by atoms with van der Waals surface area (Å²) in [7, 11) is 0. The number of rotatable bonds is 2. The van der Waals surface area contributed by atoms with Crippen molar-refractivity contribution in [1.29, 1.82) is 0 Å². The van der Waals surface area contributed by atoms with Gasteiger partial charge in [0.1, 0.15) is 11.3 Å². The van der Waals surface area contributed by atoms with Gasteiger partial charge >= 0.3 is 0 Å². The zero-order valence-corrected chi connectivity index (χ0v) is 18.5. The lowest BCUT2D eigenvalue weighted by Gasteiger charge is -2.27. The summed E-state index contributed by atoms with van der Waals surface area (Å²) in [6.07, 6.45) is 7.45. The molecule has 2 aliphatic heterocycles. The molecule has 1 N–H and O–H groups in total. The first-order valence-electron chi connectivity index (χ1n) is 11.3. The number of hydrogen-bond donors (Lipinski definition) is 1. The van der Waals surface area contributed by atoms with Crippen LogP contribution in [0.15, 0.2) is 66.0 Å². The molecule has 5 heterocycles. The van der Waals surface area contributed by atoms with E-state index in [2.05, 4.69) is 32.1 Å². The molecule has 1 amide bonds. The number of carbonyl (C=O) groups excluding carboxylic acids is 1. The smallest absolute Gasteiger partial charge is 0.253 e. The van der Waals surface area contributed by atoms with Crippen molar-refractivity contribution >= 4 is 17.8 Å². The normalized spacial score (nSPS) is 14.6. The number of hydrogen-bond acceptors (Lipinski definition) is 5. The summed E-state index contributed by atoms with van der Waals surface area (Å²) in [4.78, 5) is 27.8. The molecule has 34 heavy (non-hydrogen) atoms. The molecule has 7 nitrogen and oxygen atoms in total. The van der Waals surface area contributed by atoms with Crippen molar-refractivity contribution in [2.45, 2.75) is 6.54 Å². The minimum absolute atomic E-state index is 0.0864. The summed E-state index contributed by atoms with van der Waals surface area (Å²) in [5, 5.41) is 3.28. The lowest BCUT2D eigenvalue weighted by molar-refractivity contribution is 0.0736. The largest absolute Gasteiger partial charge is 0.336 e. The third kappa shape index (κ3) is 3.74. The Hall–Kier alpha value is -4.28. The highest BCUT2D eigenvalue weighted by atomic mass is 16.2. The summed E-state index contributed by atoms with van der Waals surface area (Å²) < 4.78 is 2.00. The molecule has 0 bridgehead atoms. The Bertz CT molecular complexity index is 1480. The minimum atomic E-state index is 0.0864. The second-order valence-electron chi connectivity index (χ2n) is 8.35. The number of aliphatic imine (C=N–C) groups is 1. The molecule has 0 radical (unpaired) electrons. The number of nitrogens with zero attached hydrogens (tertiary/aromatic N) is 5. The quantitative estimate of drug-likeness (QED) is 0.481. The van der Waals surface area contributed by atoms with Gasteiger partial charge in [-0.3, -0.25) is 19.2 Å². The van der Waals surface area contributed by atoms with Crippen molar-refractivity contribution in [2.75, 3.05) is 26.2 Å². The van der Waals surface area contributed by atoms with Crippen LogP contribution in [0.2, 0.25) is 0 Å². The minimum Gasteiger partial charge on any atom is -0.336 e. The maximum absolute atomic E-state index is 12.8. The van der Waals surface area contributed by atoms with Gasteiger partial charge in [0, 0.05) is 61.5 Å². The number of pyridine rings is 2. The van der Waals surface area contributed by atoms with E-state index in [1.165, 1.54) is 0 Å². The fourth-order valence-corrected chi connectivity index (χ4v) is 4.35. The van der Waals surface area contributed by atoms with Gasteiger partial charge in [0.15, 0.2) is 0 Å². The van der Waals surface area contributed by atoms with Crippen LogP contribution in [0.3, 0.4) is 0 Å². The molecular weight excluding hydrogens is 424 g/mol. The molecule has 6 rings (SSSR count). The van der Waals surface area contributed by atoms with E-state index in [9.17, 15) is 4.79 Å². The zero-order valence-electron chi connectivity index (χ0n) is 18.5. The van der Waals surface area contributed by atoms with Crippen LogP contribution in [0, 0.1) is 11.8 Å². The first-order chi connectivity index (χ1) is 16.8. The van der Waals surface area contributed by atoms with Crippen LogP contribution in [0.25, 0.3) is 16.8 Å². The Balaban J connectivity index is 1.28. The molecule has 1 fully saturated rings. The summed E-state index contributed by atoms with van der Waals surface area (Å²) >= 11 is 0. The molecule has 0 aliphatic carbocycles. The Morgan fingerprint density at radius 3 is 2.62 bits per heavy atom. The number of benzene rings is 1. The van der Waals surface area contributed by atoms with Gasteiger partial charge in [-0.1, -0.05) is 18.1 Å². The molecule has 2 aliphatic rings. The first kappa shape index (κ1) is 20.3. The molecule has 0 atom stereocenters. The Labute approximate surface area is 197 Å². The van der Waals surface area contributed by atoms with Crippen molar-refractivity contribution in [3.63, 3.8) is 0 Å². The summed E-state index contributed by atoms with van der Waals surface area (Å²) in [5.41, 5.74) is 7.31. The van der Waals surface area contributed by atoms with Gasteiger partial charge in [-0.2, -0.15) is 0 Å². The van der Waals surface area contributed by atoms with E-state index in [0.29, 0.717) is 12.1 Å². The van der Waals surface area contributed by atoms with Crippen molar-refractivity contribution < 1.29 is 4.79 Å². The monoisotopic (exact) mass is 446 g/mol. The number of fused-ring (bicyclic) bond motifs is 2. The number of amides is 1. The van der Waals surface area contributed by atoms with Crippen LogP contribution in [-0.4, -0.2) is 57.6 Å². The number of carbonyl (C=O) groups is 1. The van der Waals surface area contributed by atoms with E-state index in [4.69, 9.17) is 0 Å². The number of nitrogens with one attached hydrogen (secondary N) is 1. The maximum atomic E-state index is 12.8. The van der Waals surface area contributed by atoms with Gasteiger partial charge in [0.25, 0.3) is 5.91 Å². The van der Waals surface area contributed by atoms with Crippen molar-refractivity contribution in [3.05, 3.63) is 89.1 Å². The van der Waals surface area contributed by atoms with Crippen LogP contribution in [0.5, 0.6) is 0 Å². The van der Waals surface area contributed by atoms with Crippen LogP contribution in [-0.2, 0) is 6.54 Å². The lowest BCUT2D eigenvalue weighted by Crippen LogP contribution is -2.46. The van der Waals surface area contributed by atoms with E-state index < -0.39 is 0 Å². The fraction of sp³-hybridized carbons (Fsp3) is 0.185. The maximum Gasteiger partial charge on any atom is 0.253 e. The molecule has 1 aromatic carbocycles. The molecule has 4 aromatic rings. The van der Waals surface area contributed by atoms with Gasteiger partial charge in [0.2, 0.25) is 0 Å². The predicted octanol–water partition coefficient (Wildman–Crippen LogP) is 2.77. The van der Waals surface area contributed by atoms with Crippen LogP contribution in [0.4, 0.5) is 0 Å². The van der Waals surface area contributed by atoms with Crippen LogP contribution in [0.1, 0.15) is 32.9 Å². The second kappa shape index (κ2) is 8.58. The molecule has 1 saturated heterocycles. The lowest BCUT2D eigenvalue weighted by atomic mass is 10.0.